The Kier molecular flexibility index (Phi) is 8.14. The van der Waals surface area contributed by atoms with E-state index in [-0.39, 0.29) is 17.8 Å². The molecule has 1 aliphatic carbocycles. The molecule has 0 heterocycles. The van der Waals surface area contributed by atoms with Crippen LogP contribution in [0.3, 0.4) is 0 Å². The van der Waals surface area contributed by atoms with E-state index in [4.69, 9.17) is 28.4 Å². The summed E-state index contributed by atoms with van der Waals surface area (Å²) in [6, 6.07) is 18.4. The lowest BCUT2D eigenvalue weighted by Gasteiger charge is -2.37. The number of ether oxygens (including phenoxy) is 6. The van der Waals surface area contributed by atoms with Gasteiger partial charge in [0, 0.05) is 18.2 Å². The molecule has 3 aromatic rings. The highest BCUT2D eigenvalue weighted by molar-refractivity contribution is 5.48. The Balaban J connectivity index is 1.79. The smallest absolute Gasteiger partial charge is 0.126 e. The number of benzene rings is 3. The van der Waals surface area contributed by atoms with Crippen LogP contribution >= 0.6 is 0 Å². The van der Waals surface area contributed by atoms with E-state index in [2.05, 4.69) is 18.2 Å². The van der Waals surface area contributed by atoms with Crippen LogP contribution in [0.4, 0.5) is 0 Å². The largest absolute Gasteiger partial charge is 0.497 e. The Morgan fingerprint density at radius 2 is 0.694 bits per heavy atom. The fourth-order valence-corrected chi connectivity index (χ4v) is 5.55. The maximum atomic E-state index is 5.81. The highest BCUT2D eigenvalue weighted by atomic mass is 16.5. The number of rotatable bonds is 9. The summed E-state index contributed by atoms with van der Waals surface area (Å²) in [6.07, 6.45) is 2.92. The molecule has 192 valence electrons. The molecule has 0 radical (unpaired) electrons. The van der Waals surface area contributed by atoms with E-state index in [1.54, 1.807) is 42.7 Å². The highest BCUT2D eigenvalue weighted by Crippen LogP contribution is 2.53. The minimum atomic E-state index is 0.272. The fraction of sp³-hybridized carbons (Fsp3) is 0.400. The zero-order valence-corrected chi connectivity index (χ0v) is 22.0. The van der Waals surface area contributed by atoms with Crippen LogP contribution in [0.15, 0.2) is 54.6 Å². The van der Waals surface area contributed by atoms with Crippen LogP contribution in [-0.2, 0) is 0 Å². The van der Waals surface area contributed by atoms with Gasteiger partial charge in [-0.2, -0.15) is 0 Å². The van der Waals surface area contributed by atoms with Crippen molar-refractivity contribution >= 4 is 0 Å². The third kappa shape index (κ3) is 5.18. The molecule has 0 amide bonds. The normalized spacial score (nSPS) is 19.3. The molecule has 0 spiro atoms. The van der Waals surface area contributed by atoms with Crippen molar-refractivity contribution in [1.29, 1.82) is 0 Å². The first-order chi connectivity index (χ1) is 17.5. The Morgan fingerprint density at radius 3 is 0.917 bits per heavy atom. The lowest BCUT2D eigenvalue weighted by Crippen LogP contribution is -2.21. The molecule has 0 unspecified atom stereocenters. The minimum Gasteiger partial charge on any atom is -0.497 e. The maximum absolute atomic E-state index is 5.81. The van der Waals surface area contributed by atoms with Crippen molar-refractivity contribution in [2.24, 2.45) is 0 Å². The third-order valence-corrected chi connectivity index (χ3v) is 7.35. The molecule has 0 saturated heterocycles. The van der Waals surface area contributed by atoms with Gasteiger partial charge < -0.3 is 28.4 Å². The topological polar surface area (TPSA) is 55.4 Å². The van der Waals surface area contributed by atoms with Crippen molar-refractivity contribution in [2.45, 2.75) is 37.0 Å². The molecular weight excluding hydrogens is 456 g/mol. The number of methoxy groups -OCH3 is 6. The summed E-state index contributed by atoms with van der Waals surface area (Å²) in [5, 5.41) is 0. The van der Waals surface area contributed by atoms with Crippen molar-refractivity contribution in [3.8, 4) is 34.5 Å². The van der Waals surface area contributed by atoms with Crippen LogP contribution in [0.1, 0.15) is 53.7 Å². The summed E-state index contributed by atoms with van der Waals surface area (Å²) < 4.78 is 33.8. The Labute approximate surface area is 214 Å². The van der Waals surface area contributed by atoms with Crippen molar-refractivity contribution in [3.63, 3.8) is 0 Å². The highest BCUT2D eigenvalue weighted by Gasteiger charge is 2.35. The van der Waals surface area contributed by atoms with Crippen LogP contribution in [0, 0.1) is 0 Å². The molecule has 36 heavy (non-hydrogen) atoms. The zero-order chi connectivity index (χ0) is 25.7. The van der Waals surface area contributed by atoms with E-state index in [1.807, 2.05) is 36.4 Å². The average Bonchev–Trinajstić information content (AvgIpc) is 2.95. The molecule has 4 rings (SSSR count). The molecular formula is C30H36O6. The second-order valence-electron chi connectivity index (χ2n) is 9.12. The van der Waals surface area contributed by atoms with Gasteiger partial charge in [0.2, 0.25) is 0 Å². The first-order valence-electron chi connectivity index (χ1n) is 12.2. The first-order valence-corrected chi connectivity index (χ1v) is 12.2. The van der Waals surface area contributed by atoms with Crippen molar-refractivity contribution in [3.05, 3.63) is 71.3 Å². The Bertz CT molecular complexity index is 1020. The lowest BCUT2D eigenvalue weighted by molar-refractivity contribution is 0.318. The zero-order valence-electron chi connectivity index (χ0n) is 22.0. The molecule has 1 aliphatic rings. The Hall–Kier alpha value is -3.54. The average molecular weight is 493 g/mol. The van der Waals surface area contributed by atoms with Gasteiger partial charge in [-0.3, -0.25) is 0 Å². The molecule has 0 aliphatic heterocycles. The molecule has 6 heteroatoms. The quantitative estimate of drug-likeness (QED) is 0.337. The van der Waals surface area contributed by atoms with E-state index >= 15 is 0 Å². The predicted molar refractivity (Wildman–Crippen MR) is 141 cm³/mol. The number of hydrogen-bond acceptors (Lipinski definition) is 6. The fourth-order valence-electron chi connectivity index (χ4n) is 5.55. The van der Waals surface area contributed by atoms with Crippen LogP contribution in [-0.4, -0.2) is 42.7 Å². The van der Waals surface area contributed by atoms with Crippen molar-refractivity contribution in [1.82, 2.24) is 0 Å². The van der Waals surface area contributed by atoms with Crippen molar-refractivity contribution < 1.29 is 28.4 Å². The summed E-state index contributed by atoms with van der Waals surface area (Å²) in [4.78, 5) is 0. The maximum Gasteiger partial charge on any atom is 0.126 e. The van der Waals surface area contributed by atoms with E-state index in [1.165, 1.54) is 16.7 Å². The van der Waals surface area contributed by atoms with Gasteiger partial charge in [-0.1, -0.05) is 18.2 Å². The van der Waals surface area contributed by atoms with Gasteiger partial charge in [0.15, 0.2) is 0 Å². The SMILES string of the molecule is COc1ccc(C2C[C@H](c3ccc(OC)cc3OC)C[C@H](c3ccc(OC)cc3OC)C2)c(OC)c1. The van der Waals surface area contributed by atoms with Gasteiger partial charge >= 0.3 is 0 Å². The van der Waals surface area contributed by atoms with Crippen LogP contribution in [0.5, 0.6) is 34.5 Å². The van der Waals surface area contributed by atoms with Crippen molar-refractivity contribution in [2.75, 3.05) is 42.7 Å². The molecule has 1 saturated carbocycles. The van der Waals surface area contributed by atoms with E-state index in [0.717, 1.165) is 53.8 Å². The second kappa shape index (κ2) is 11.5. The summed E-state index contributed by atoms with van der Waals surface area (Å²) in [5.74, 6) is 5.72. The van der Waals surface area contributed by atoms with Gasteiger partial charge in [0.25, 0.3) is 0 Å². The Morgan fingerprint density at radius 1 is 0.417 bits per heavy atom. The summed E-state index contributed by atoms with van der Waals surface area (Å²) in [5.41, 5.74) is 3.56. The summed E-state index contributed by atoms with van der Waals surface area (Å²) in [7, 11) is 10.2. The van der Waals surface area contributed by atoms with E-state index in [0.29, 0.717) is 0 Å². The van der Waals surface area contributed by atoms with Crippen LogP contribution in [0.25, 0.3) is 0 Å². The summed E-state index contributed by atoms with van der Waals surface area (Å²) in [6.45, 7) is 0. The summed E-state index contributed by atoms with van der Waals surface area (Å²) >= 11 is 0. The standard InChI is InChI=1S/C30H36O6/c1-31-22-7-10-25(28(16-22)34-4)19-13-20(26-11-8-23(32-2)17-29(26)35-5)15-21(14-19)27-12-9-24(33-3)18-30(27)36-6/h7-12,16-21H,13-15H2,1-6H3. The van der Waals surface area contributed by atoms with Crippen LogP contribution < -0.4 is 28.4 Å². The molecule has 0 bridgehead atoms. The van der Waals surface area contributed by atoms with Gasteiger partial charge in [-0.15, -0.1) is 0 Å². The van der Waals surface area contributed by atoms with Gasteiger partial charge in [0.1, 0.15) is 34.5 Å². The molecule has 0 N–H and O–H groups in total. The number of hydrogen-bond donors (Lipinski definition) is 0. The van der Waals surface area contributed by atoms with E-state index in [9.17, 15) is 0 Å². The second-order valence-corrected chi connectivity index (χ2v) is 9.12. The molecule has 3 aromatic carbocycles. The van der Waals surface area contributed by atoms with Gasteiger partial charge in [0.05, 0.1) is 42.7 Å². The van der Waals surface area contributed by atoms with Gasteiger partial charge in [-0.25, -0.2) is 0 Å². The molecule has 0 aromatic heterocycles. The van der Waals surface area contributed by atoms with E-state index < -0.39 is 0 Å². The van der Waals surface area contributed by atoms with Crippen LogP contribution in [0.2, 0.25) is 0 Å². The third-order valence-electron chi connectivity index (χ3n) is 7.35. The lowest BCUT2D eigenvalue weighted by atomic mass is 9.68. The molecule has 6 nitrogen and oxygen atoms in total. The molecule has 0 atom stereocenters. The van der Waals surface area contributed by atoms with Gasteiger partial charge in [-0.05, 0) is 71.9 Å². The minimum absolute atomic E-state index is 0.272. The first kappa shape index (κ1) is 25.5. The predicted octanol–water partition coefficient (Wildman–Crippen LogP) is 6.57. The molecule has 1 fully saturated rings. The monoisotopic (exact) mass is 492 g/mol.